The fraction of sp³-hybridized carbons (Fsp3) is 0.643. The lowest BCUT2D eigenvalue weighted by Crippen LogP contribution is -2.37. The molecule has 1 heterocycles. The third-order valence-electron chi connectivity index (χ3n) is 3.49. The van der Waals surface area contributed by atoms with E-state index in [0.717, 1.165) is 6.54 Å². The zero-order valence-corrected chi connectivity index (χ0v) is 11.6. The summed E-state index contributed by atoms with van der Waals surface area (Å²) in [5, 5.41) is 3.69. The van der Waals surface area contributed by atoms with Crippen molar-refractivity contribution in [3.8, 4) is 0 Å². The normalized spacial score (nSPS) is 20.2. The number of nitrogens with one attached hydrogen (secondary N) is 1. The van der Waals surface area contributed by atoms with E-state index in [1.807, 2.05) is 18.0 Å². The molecule has 17 heavy (non-hydrogen) atoms. The van der Waals surface area contributed by atoms with E-state index >= 15 is 0 Å². The third-order valence-corrected chi connectivity index (χ3v) is 4.18. The van der Waals surface area contributed by atoms with Crippen molar-refractivity contribution in [2.24, 2.45) is 0 Å². The van der Waals surface area contributed by atoms with Crippen LogP contribution in [-0.4, -0.2) is 29.6 Å². The molecule has 2 atom stereocenters. The van der Waals surface area contributed by atoms with Crippen molar-refractivity contribution in [3.63, 3.8) is 0 Å². The van der Waals surface area contributed by atoms with Crippen LogP contribution in [0.2, 0.25) is 0 Å². The Morgan fingerprint density at radius 1 is 1.59 bits per heavy atom. The van der Waals surface area contributed by atoms with E-state index in [1.165, 1.54) is 36.3 Å². The zero-order chi connectivity index (χ0) is 12.1. The van der Waals surface area contributed by atoms with Gasteiger partial charge in [0.25, 0.3) is 0 Å². The predicted octanol–water partition coefficient (Wildman–Crippen LogP) is 2.84. The maximum atomic E-state index is 4.60. The maximum absolute atomic E-state index is 4.60. The van der Waals surface area contributed by atoms with Gasteiger partial charge in [-0.25, -0.2) is 0 Å². The molecule has 0 aliphatic heterocycles. The molecule has 1 N–H and O–H groups in total. The first-order valence-electron chi connectivity index (χ1n) is 6.53. The summed E-state index contributed by atoms with van der Waals surface area (Å²) in [7, 11) is 0. The first-order chi connectivity index (χ1) is 8.36. The molecule has 3 heteroatoms. The number of hydrogen-bond acceptors (Lipinski definition) is 3. The molecule has 94 valence electrons. The monoisotopic (exact) mass is 250 g/mol. The number of hydrogen-bond donors (Lipinski definition) is 1. The van der Waals surface area contributed by atoms with Gasteiger partial charge in [0, 0.05) is 29.6 Å². The molecule has 2 nitrogen and oxygen atoms in total. The van der Waals surface area contributed by atoms with E-state index in [1.54, 1.807) is 0 Å². The van der Waals surface area contributed by atoms with Crippen LogP contribution >= 0.6 is 11.8 Å². The SMILES string of the molecule is CCCNC(CSC)C1CCc2cccnc21. The van der Waals surface area contributed by atoms with Crippen molar-refractivity contribution < 1.29 is 0 Å². The fourth-order valence-electron chi connectivity index (χ4n) is 2.66. The van der Waals surface area contributed by atoms with Crippen molar-refractivity contribution in [3.05, 3.63) is 29.6 Å². The summed E-state index contributed by atoms with van der Waals surface area (Å²) in [6.45, 7) is 3.34. The van der Waals surface area contributed by atoms with Gasteiger partial charge < -0.3 is 5.32 Å². The maximum Gasteiger partial charge on any atom is 0.0482 e. The van der Waals surface area contributed by atoms with Crippen molar-refractivity contribution in [1.82, 2.24) is 10.3 Å². The van der Waals surface area contributed by atoms with Crippen LogP contribution in [0.5, 0.6) is 0 Å². The van der Waals surface area contributed by atoms with Crippen LogP contribution in [0, 0.1) is 0 Å². The van der Waals surface area contributed by atoms with Crippen LogP contribution in [0.3, 0.4) is 0 Å². The van der Waals surface area contributed by atoms with Crippen LogP contribution in [0.1, 0.15) is 36.9 Å². The van der Waals surface area contributed by atoms with Gasteiger partial charge in [0.05, 0.1) is 0 Å². The van der Waals surface area contributed by atoms with Crippen molar-refractivity contribution in [2.75, 3.05) is 18.6 Å². The van der Waals surface area contributed by atoms with Gasteiger partial charge in [-0.1, -0.05) is 13.0 Å². The van der Waals surface area contributed by atoms with Crippen LogP contribution in [0.25, 0.3) is 0 Å². The van der Waals surface area contributed by atoms with Gasteiger partial charge in [-0.2, -0.15) is 11.8 Å². The topological polar surface area (TPSA) is 24.9 Å². The summed E-state index contributed by atoms with van der Waals surface area (Å²) in [5.41, 5.74) is 2.80. The molecular weight excluding hydrogens is 228 g/mol. The second-order valence-corrected chi connectivity index (χ2v) is 5.62. The van der Waals surface area contributed by atoms with E-state index in [9.17, 15) is 0 Å². The minimum atomic E-state index is 0.584. The number of aryl methyl sites for hydroxylation is 1. The number of rotatable bonds is 6. The van der Waals surface area contributed by atoms with Gasteiger partial charge in [0.1, 0.15) is 0 Å². The minimum absolute atomic E-state index is 0.584. The number of fused-ring (bicyclic) bond motifs is 1. The summed E-state index contributed by atoms with van der Waals surface area (Å²) in [5.74, 6) is 1.80. The summed E-state index contributed by atoms with van der Waals surface area (Å²) in [4.78, 5) is 4.60. The molecule has 1 aromatic rings. The average Bonchev–Trinajstić information content (AvgIpc) is 2.78. The largest absolute Gasteiger partial charge is 0.312 e. The molecule has 0 amide bonds. The summed E-state index contributed by atoms with van der Waals surface area (Å²) in [6, 6.07) is 4.88. The van der Waals surface area contributed by atoms with Gasteiger partial charge in [0.2, 0.25) is 0 Å². The van der Waals surface area contributed by atoms with Crippen LogP contribution in [-0.2, 0) is 6.42 Å². The Kier molecular flexibility index (Phi) is 4.86. The van der Waals surface area contributed by atoms with E-state index in [-0.39, 0.29) is 0 Å². The molecular formula is C14H22N2S. The van der Waals surface area contributed by atoms with Gasteiger partial charge in [-0.15, -0.1) is 0 Å². The minimum Gasteiger partial charge on any atom is -0.312 e. The molecule has 1 aliphatic carbocycles. The Balaban J connectivity index is 2.09. The molecule has 0 bridgehead atoms. The first kappa shape index (κ1) is 12.9. The standard InChI is InChI=1S/C14H22N2S/c1-3-8-15-13(10-17-2)12-7-6-11-5-4-9-16-14(11)12/h4-5,9,12-13,15H,3,6-8,10H2,1-2H3. The van der Waals surface area contributed by atoms with E-state index < -0.39 is 0 Å². The van der Waals surface area contributed by atoms with E-state index in [0.29, 0.717) is 12.0 Å². The van der Waals surface area contributed by atoms with Crippen LogP contribution in [0.15, 0.2) is 18.3 Å². The Morgan fingerprint density at radius 3 is 3.24 bits per heavy atom. The highest BCUT2D eigenvalue weighted by Crippen LogP contribution is 2.34. The molecule has 0 saturated carbocycles. The highest BCUT2D eigenvalue weighted by Gasteiger charge is 2.30. The Hall–Kier alpha value is -0.540. The quantitative estimate of drug-likeness (QED) is 0.840. The number of thioether (sulfide) groups is 1. The molecule has 2 unspecified atom stereocenters. The van der Waals surface area contributed by atoms with Crippen molar-refractivity contribution in [1.29, 1.82) is 0 Å². The van der Waals surface area contributed by atoms with E-state index in [2.05, 4.69) is 35.6 Å². The van der Waals surface area contributed by atoms with E-state index in [4.69, 9.17) is 0 Å². The summed E-state index contributed by atoms with van der Waals surface area (Å²) >= 11 is 1.93. The Labute approximate surface area is 109 Å². The molecule has 2 rings (SSSR count). The van der Waals surface area contributed by atoms with Crippen LogP contribution in [0.4, 0.5) is 0 Å². The lowest BCUT2D eigenvalue weighted by molar-refractivity contribution is 0.457. The lowest BCUT2D eigenvalue weighted by Gasteiger charge is -2.24. The summed E-state index contributed by atoms with van der Waals surface area (Å²) in [6.07, 6.45) is 7.79. The summed E-state index contributed by atoms with van der Waals surface area (Å²) < 4.78 is 0. The number of nitrogens with zero attached hydrogens (tertiary/aromatic N) is 1. The van der Waals surface area contributed by atoms with Crippen LogP contribution < -0.4 is 5.32 Å². The highest BCUT2D eigenvalue weighted by atomic mass is 32.2. The van der Waals surface area contributed by atoms with Gasteiger partial charge in [-0.05, 0) is 43.7 Å². The van der Waals surface area contributed by atoms with Gasteiger partial charge in [-0.3, -0.25) is 4.98 Å². The second kappa shape index (κ2) is 6.41. The molecule has 0 radical (unpaired) electrons. The first-order valence-corrected chi connectivity index (χ1v) is 7.92. The molecule has 0 aromatic carbocycles. The van der Waals surface area contributed by atoms with Gasteiger partial charge >= 0.3 is 0 Å². The lowest BCUT2D eigenvalue weighted by atomic mass is 9.98. The average molecular weight is 250 g/mol. The number of aromatic nitrogens is 1. The highest BCUT2D eigenvalue weighted by molar-refractivity contribution is 7.98. The Morgan fingerprint density at radius 2 is 2.47 bits per heavy atom. The fourth-order valence-corrected chi connectivity index (χ4v) is 3.37. The Bertz CT molecular complexity index is 354. The number of pyridine rings is 1. The molecule has 1 aliphatic rings. The second-order valence-electron chi connectivity index (χ2n) is 4.71. The third kappa shape index (κ3) is 3.02. The zero-order valence-electron chi connectivity index (χ0n) is 10.8. The molecule has 1 aromatic heterocycles. The molecule has 0 saturated heterocycles. The molecule has 0 fully saturated rings. The van der Waals surface area contributed by atoms with Crippen molar-refractivity contribution in [2.45, 2.75) is 38.1 Å². The smallest absolute Gasteiger partial charge is 0.0482 e. The predicted molar refractivity (Wildman–Crippen MR) is 75.8 cm³/mol. The van der Waals surface area contributed by atoms with Crippen molar-refractivity contribution >= 4 is 11.8 Å². The van der Waals surface area contributed by atoms with Gasteiger partial charge in [0.15, 0.2) is 0 Å². The molecule has 0 spiro atoms.